The van der Waals surface area contributed by atoms with Crippen LogP contribution in [0.5, 0.6) is 0 Å². The van der Waals surface area contributed by atoms with Crippen LogP contribution in [-0.2, 0) is 11.3 Å². The Labute approximate surface area is 183 Å². The molecule has 2 heterocycles. The third-order valence-electron chi connectivity index (χ3n) is 5.14. The summed E-state index contributed by atoms with van der Waals surface area (Å²) < 4.78 is 1.13. The molecule has 4 nitrogen and oxygen atoms in total. The molecule has 2 fully saturated rings. The molecule has 4 rings (SSSR count). The van der Waals surface area contributed by atoms with Crippen LogP contribution in [0.15, 0.2) is 47.4 Å². The minimum atomic E-state index is -0.212. The first-order chi connectivity index (χ1) is 13.5. The number of imide groups is 1. The number of halogens is 1. The highest BCUT2D eigenvalue weighted by Crippen LogP contribution is 2.34. The van der Waals surface area contributed by atoms with Gasteiger partial charge < -0.3 is 4.90 Å². The van der Waals surface area contributed by atoms with E-state index < -0.39 is 0 Å². The monoisotopic (exact) mass is 504 g/mol. The number of hydrogen-bond donors (Lipinski definition) is 0. The Morgan fingerprint density at radius 3 is 2.46 bits per heavy atom. The molecule has 2 aromatic carbocycles. The van der Waals surface area contributed by atoms with E-state index >= 15 is 0 Å². The molecule has 2 aliphatic rings. The van der Waals surface area contributed by atoms with E-state index in [4.69, 9.17) is 0 Å². The van der Waals surface area contributed by atoms with Crippen molar-refractivity contribution in [1.82, 2.24) is 4.90 Å². The van der Waals surface area contributed by atoms with Crippen molar-refractivity contribution in [3.63, 3.8) is 0 Å². The number of hydrogen-bond acceptors (Lipinski definition) is 4. The van der Waals surface area contributed by atoms with Crippen molar-refractivity contribution < 1.29 is 9.59 Å². The minimum Gasteiger partial charge on any atom is -0.372 e. The van der Waals surface area contributed by atoms with Crippen molar-refractivity contribution in [3.8, 4) is 0 Å². The Balaban J connectivity index is 1.52. The fraction of sp³-hybridized carbons (Fsp3) is 0.273. The molecule has 2 amide bonds. The van der Waals surface area contributed by atoms with Crippen LogP contribution in [0, 0.1) is 10.5 Å². The molecule has 0 saturated carbocycles. The van der Waals surface area contributed by atoms with Crippen molar-refractivity contribution in [2.75, 3.05) is 18.0 Å². The van der Waals surface area contributed by atoms with E-state index in [1.165, 1.54) is 23.4 Å². The first kappa shape index (κ1) is 19.5. The number of carbonyl (C=O) groups is 2. The summed E-state index contributed by atoms with van der Waals surface area (Å²) in [6, 6.07) is 14.2. The molecule has 6 heteroatoms. The number of anilines is 1. The van der Waals surface area contributed by atoms with Gasteiger partial charge >= 0.3 is 0 Å². The molecule has 0 bridgehead atoms. The van der Waals surface area contributed by atoms with Gasteiger partial charge in [-0.05, 0) is 101 Å². The lowest BCUT2D eigenvalue weighted by atomic mass is 10.1. The quantitative estimate of drug-likeness (QED) is 0.411. The van der Waals surface area contributed by atoms with Crippen LogP contribution in [0.3, 0.4) is 0 Å². The van der Waals surface area contributed by atoms with Gasteiger partial charge in [0.15, 0.2) is 0 Å². The van der Waals surface area contributed by atoms with Crippen molar-refractivity contribution >= 4 is 57.3 Å². The van der Waals surface area contributed by atoms with E-state index in [0.29, 0.717) is 11.4 Å². The molecule has 2 saturated heterocycles. The maximum Gasteiger partial charge on any atom is 0.293 e. The summed E-state index contributed by atoms with van der Waals surface area (Å²) in [6.45, 7) is 4.58. The summed E-state index contributed by atoms with van der Waals surface area (Å²) in [4.78, 5) is 29.4. The lowest BCUT2D eigenvalue weighted by Crippen LogP contribution is -2.27. The Hall–Kier alpha value is -1.80. The summed E-state index contributed by atoms with van der Waals surface area (Å²) in [5.74, 6) is -0.212. The van der Waals surface area contributed by atoms with Gasteiger partial charge in [0.25, 0.3) is 11.1 Å². The fourth-order valence-corrected chi connectivity index (χ4v) is 4.73. The third kappa shape index (κ3) is 4.12. The number of benzene rings is 2. The van der Waals surface area contributed by atoms with Gasteiger partial charge in [-0.15, -0.1) is 0 Å². The zero-order valence-corrected chi connectivity index (χ0v) is 18.6. The van der Waals surface area contributed by atoms with Crippen molar-refractivity contribution in [1.29, 1.82) is 0 Å². The fourth-order valence-electron chi connectivity index (χ4n) is 3.54. The highest BCUT2D eigenvalue weighted by atomic mass is 127. The maximum atomic E-state index is 12.8. The molecular formula is C22H21IN2O2S. The van der Waals surface area contributed by atoms with Gasteiger partial charge in [-0.25, -0.2) is 0 Å². The number of thioether (sulfide) groups is 1. The Bertz CT molecular complexity index is 950. The zero-order valence-electron chi connectivity index (χ0n) is 15.7. The number of carbonyl (C=O) groups excluding carboxylic acids is 2. The topological polar surface area (TPSA) is 40.6 Å². The molecule has 0 spiro atoms. The second-order valence-electron chi connectivity index (χ2n) is 7.13. The molecule has 0 aliphatic carbocycles. The number of nitrogens with zero attached hydrogens (tertiary/aromatic N) is 2. The van der Waals surface area contributed by atoms with Gasteiger partial charge in [0.05, 0.1) is 11.4 Å². The Morgan fingerprint density at radius 2 is 1.79 bits per heavy atom. The van der Waals surface area contributed by atoms with Crippen molar-refractivity contribution in [2.45, 2.75) is 26.3 Å². The maximum absolute atomic E-state index is 12.8. The first-order valence-electron chi connectivity index (χ1n) is 9.37. The average Bonchev–Trinajstić information content (AvgIpc) is 3.30. The van der Waals surface area contributed by atoms with Gasteiger partial charge in [-0.3, -0.25) is 14.5 Å². The van der Waals surface area contributed by atoms with Crippen LogP contribution in [0.4, 0.5) is 10.5 Å². The number of rotatable bonds is 4. The summed E-state index contributed by atoms with van der Waals surface area (Å²) in [7, 11) is 0. The van der Waals surface area contributed by atoms with Gasteiger partial charge in [-0.1, -0.05) is 18.2 Å². The highest BCUT2D eigenvalue weighted by molar-refractivity contribution is 14.1. The normalized spacial score (nSPS) is 18.6. The smallest absolute Gasteiger partial charge is 0.293 e. The number of aryl methyl sites for hydroxylation is 1. The average molecular weight is 504 g/mol. The second kappa shape index (κ2) is 8.29. The SMILES string of the molecule is Cc1cc(N2CCCC2)ccc1/C=C1\SC(=O)N(Cc2ccc(I)cc2)C1=O. The molecule has 0 atom stereocenters. The zero-order chi connectivity index (χ0) is 19.7. The van der Waals surface area contributed by atoms with Gasteiger partial charge in [-0.2, -0.15) is 0 Å². The Kier molecular flexibility index (Phi) is 5.78. The standard InChI is InChI=1S/C22H21IN2O2S/c1-15-12-19(24-10-2-3-11-24)9-6-17(15)13-20-21(26)25(22(27)28-20)14-16-4-7-18(23)8-5-16/h4-9,12-13H,2-3,10-11,14H2,1H3/b20-13-. The van der Waals surface area contributed by atoms with Gasteiger partial charge in [0.2, 0.25) is 0 Å². The lowest BCUT2D eigenvalue weighted by Gasteiger charge is -2.18. The Morgan fingerprint density at radius 1 is 1.07 bits per heavy atom. The van der Waals surface area contributed by atoms with Gasteiger partial charge in [0, 0.05) is 22.3 Å². The molecular weight excluding hydrogens is 483 g/mol. The van der Waals surface area contributed by atoms with E-state index in [0.717, 1.165) is 45.1 Å². The van der Waals surface area contributed by atoms with E-state index in [1.54, 1.807) is 0 Å². The summed E-state index contributed by atoms with van der Waals surface area (Å²) in [5, 5.41) is -0.207. The predicted octanol–water partition coefficient (Wildman–Crippen LogP) is 5.44. The van der Waals surface area contributed by atoms with E-state index in [9.17, 15) is 9.59 Å². The second-order valence-corrected chi connectivity index (χ2v) is 9.37. The van der Waals surface area contributed by atoms with Crippen LogP contribution < -0.4 is 4.90 Å². The minimum absolute atomic E-state index is 0.207. The largest absolute Gasteiger partial charge is 0.372 e. The molecule has 0 N–H and O–H groups in total. The summed E-state index contributed by atoms with van der Waals surface area (Å²) in [5.41, 5.74) is 4.30. The van der Waals surface area contributed by atoms with Crippen molar-refractivity contribution in [2.24, 2.45) is 0 Å². The molecule has 28 heavy (non-hydrogen) atoms. The van der Waals surface area contributed by atoms with Crippen LogP contribution in [-0.4, -0.2) is 29.1 Å². The first-order valence-corrected chi connectivity index (χ1v) is 11.3. The van der Waals surface area contributed by atoms with Crippen LogP contribution in [0.1, 0.15) is 29.5 Å². The predicted molar refractivity (Wildman–Crippen MR) is 123 cm³/mol. The molecule has 2 aliphatic heterocycles. The third-order valence-corrected chi connectivity index (χ3v) is 6.77. The summed E-state index contributed by atoms with van der Waals surface area (Å²) in [6.07, 6.45) is 4.34. The van der Waals surface area contributed by atoms with E-state index in [1.807, 2.05) is 30.3 Å². The van der Waals surface area contributed by atoms with Crippen LogP contribution in [0.2, 0.25) is 0 Å². The molecule has 144 valence electrons. The van der Waals surface area contributed by atoms with Gasteiger partial charge in [0.1, 0.15) is 0 Å². The molecule has 2 aromatic rings. The van der Waals surface area contributed by atoms with Crippen LogP contribution >= 0.6 is 34.4 Å². The number of amides is 2. The molecule has 0 unspecified atom stereocenters. The highest BCUT2D eigenvalue weighted by Gasteiger charge is 2.35. The van der Waals surface area contributed by atoms with E-state index in [-0.39, 0.29) is 11.1 Å². The lowest BCUT2D eigenvalue weighted by molar-refractivity contribution is -0.123. The summed E-state index contributed by atoms with van der Waals surface area (Å²) >= 11 is 3.26. The van der Waals surface area contributed by atoms with E-state index in [2.05, 4.69) is 52.6 Å². The van der Waals surface area contributed by atoms with Crippen molar-refractivity contribution in [3.05, 3.63) is 67.6 Å². The van der Waals surface area contributed by atoms with Crippen LogP contribution in [0.25, 0.3) is 6.08 Å². The molecule has 0 aromatic heterocycles. The molecule has 0 radical (unpaired) electrons.